The lowest BCUT2D eigenvalue weighted by atomic mass is 10.4. The molecule has 2 N–H and O–H groups in total. The summed E-state index contributed by atoms with van der Waals surface area (Å²) in [4.78, 5) is 12.6. The third-order valence-corrected chi connectivity index (χ3v) is 2.96. The predicted molar refractivity (Wildman–Crippen MR) is 78.0 cm³/mol. The Labute approximate surface area is 125 Å². The molecule has 0 aliphatic rings. The van der Waals surface area contributed by atoms with E-state index in [0.717, 1.165) is 0 Å². The number of ether oxygens (including phenoxy) is 2. The zero-order valence-corrected chi connectivity index (χ0v) is 11.9. The highest BCUT2D eigenvalue weighted by Crippen LogP contribution is 2.21. The number of nitrogen functional groups attached to an aromatic ring is 1. The van der Waals surface area contributed by atoms with Crippen LogP contribution in [0.25, 0.3) is 17.2 Å². The fourth-order valence-corrected chi connectivity index (χ4v) is 1.98. The molecule has 3 heterocycles. The Hall–Kier alpha value is -2.74. The number of halogens is 1. The number of imidazole rings is 1. The van der Waals surface area contributed by atoms with E-state index in [1.165, 1.54) is 18.3 Å². The average molecular weight is 303 g/mol. The van der Waals surface area contributed by atoms with Crippen molar-refractivity contribution in [2.45, 2.75) is 0 Å². The van der Waals surface area contributed by atoms with Gasteiger partial charge in [-0.3, -0.25) is 4.40 Å². The fraction of sp³-hybridized carbons (Fsp3) is 0.214. The van der Waals surface area contributed by atoms with E-state index in [2.05, 4.69) is 15.0 Å². The summed E-state index contributed by atoms with van der Waals surface area (Å²) in [5.41, 5.74) is 6.89. The Kier molecular flexibility index (Phi) is 3.84. The topological polar surface area (TPSA) is 87.6 Å². The number of nitrogens with zero attached hydrogens (tertiary/aromatic N) is 4. The SMILES string of the molecule is COCCOc1cc(N)nc(-c2cnc3ccc(F)cn23)n1. The number of nitrogens with two attached hydrogens (primary N) is 1. The average Bonchev–Trinajstić information content (AvgIpc) is 2.90. The molecule has 0 unspecified atom stereocenters. The van der Waals surface area contributed by atoms with Crippen molar-refractivity contribution in [2.24, 2.45) is 0 Å². The third-order valence-electron chi connectivity index (χ3n) is 2.96. The third kappa shape index (κ3) is 2.82. The highest BCUT2D eigenvalue weighted by atomic mass is 19.1. The van der Waals surface area contributed by atoms with Crippen molar-refractivity contribution in [1.29, 1.82) is 0 Å². The van der Waals surface area contributed by atoms with Crippen LogP contribution in [-0.4, -0.2) is 39.7 Å². The molecule has 0 amide bonds. The van der Waals surface area contributed by atoms with Crippen molar-refractivity contribution in [3.8, 4) is 17.4 Å². The summed E-state index contributed by atoms with van der Waals surface area (Å²) in [5, 5.41) is 0. The van der Waals surface area contributed by atoms with Crippen LogP contribution in [0, 0.1) is 5.82 Å². The lowest BCUT2D eigenvalue weighted by Gasteiger charge is -2.07. The molecule has 3 aromatic rings. The molecule has 0 aliphatic heterocycles. The number of aromatic nitrogens is 4. The van der Waals surface area contributed by atoms with Crippen LogP contribution in [0.2, 0.25) is 0 Å². The maximum atomic E-state index is 13.4. The minimum absolute atomic E-state index is 0.253. The molecule has 3 rings (SSSR count). The largest absolute Gasteiger partial charge is 0.475 e. The summed E-state index contributed by atoms with van der Waals surface area (Å²) in [7, 11) is 1.58. The van der Waals surface area contributed by atoms with E-state index in [-0.39, 0.29) is 11.6 Å². The lowest BCUT2D eigenvalue weighted by molar-refractivity contribution is 0.144. The first kappa shape index (κ1) is 14.2. The monoisotopic (exact) mass is 303 g/mol. The first-order valence-corrected chi connectivity index (χ1v) is 6.56. The highest BCUT2D eigenvalue weighted by molar-refractivity contribution is 5.58. The van der Waals surface area contributed by atoms with Gasteiger partial charge < -0.3 is 15.2 Å². The van der Waals surface area contributed by atoms with Crippen LogP contribution >= 0.6 is 0 Å². The summed E-state index contributed by atoms with van der Waals surface area (Å²) in [6.45, 7) is 0.772. The van der Waals surface area contributed by atoms with E-state index in [9.17, 15) is 4.39 Å². The van der Waals surface area contributed by atoms with Crippen molar-refractivity contribution in [3.05, 3.63) is 36.4 Å². The van der Waals surface area contributed by atoms with Gasteiger partial charge in [0, 0.05) is 19.4 Å². The van der Waals surface area contributed by atoms with Crippen LogP contribution in [0.5, 0.6) is 5.88 Å². The van der Waals surface area contributed by atoms with E-state index in [1.807, 2.05) is 0 Å². The zero-order chi connectivity index (χ0) is 15.5. The first-order valence-electron chi connectivity index (χ1n) is 6.56. The molecule has 0 aromatic carbocycles. The van der Waals surface area contributed by atoms with Crippen LogP contribution in [0.4, 0.5) is 10.2 Å². The summed E-state index contributed by atoms with van der Waals surface area (Å²) >= 11 is 0. The number of anilines is 1. The van der Waals surface area contributed by atoms with Gasteiger partial charge in [0.05, 0.1) is 12.8 Å². The molecule has 0 aliphatic carbocycles. The highest BCUT2D eigenvalue weighted by Gasteiger charge is 2.12. The standard InChI is InChI=1S/C14H14FN5O2/c1-21-4-5-22-13-6-11(16)18-14(19-13)10-7-17-12-3-2-9(15)8-20(10)12/h2-3,6-8H,4-5H2,1H3,(H2,16,18,19). The Morgan fingerprint density at radius 3 is 2.95 bits per heavy atom. The van der Waals surface area contributed by atoms with Gasteiger partial charge >= 0.3 is 0 Å². The van der Waals surface area contributed by atoms with Crippen molar-refractivity contribution < 1.29 is 13.9 Å². The Morgan fingerprint density at radius 1 is 1.27 bits per heavy atom. The Bertz CT molecular complexity index is 805. The van der Waals surface area contributed by atoms with Gasteiger partial charge in [0.15, 0.2) is 5.82 Å². The van der Waals surface area contributed by atoms with E-state index >= 15 is 0 Å². The molecule has 0 fully saturated rings. The number of hydrogen-bond acceptors (Lipinski definition) is 6. The number of hydrogen-bond donors (Lipinski definition) is 1. The second-order valence-electron chi connectivity index (χ2n) is 4.51. The number of rotatable bonds is 5. The van der Waals surface area contributed by atoms with Gasteiger partial charge in [0.2, 0.25) is 5.88 Å². The quantitative estimate of drug-likeness (QED) is 0.719. The van der Waals surface area contributed by atoms with Gasteiger partial charge in [-0.1, -0.05) is 0 Å². The number of pyridine rings is 1. The van der Waals surface area contributed by atoms with E-state index < -0.39 is 0 Å². The van der Waals surface area contributed by atoms with Crippen LogP contribution in [-0.2, 0) is 4.74 Å². The molecule has 8 heteroatoms. The van der Waals surface area contributed by atoms with Gasteiger partial charge in [-0.05, 0) is 12.1 Å². The molecule has 0 saturated heterocycles. The van der Waals surface area contributed by atoms with Gasteiger partial charge in [0.25, 0.3) is 0 Å². The smallest absolute Gasteiger partial charge is 0.219 e. The molecule has 114 valence electrons. The van der Waals surface area contributed by atoms with Gasteiger partial charge in [-0.2, -0.15) is 4.98 Å². The Morgan fingerprint density at radius 2 is 2.14 bits per heavy atom. The fourth-order valence-electron chi connectivity index (χ4n) is 1.98. The Balaban J connectivity index is 2.00. The normalized spacial score (nSPS) is 11.0. The van der Waals surface area contributed by atoms with E-state index in [1.54, 1.807) is 23.8 Å². The van der Waals surface area contributed by atoms with Crippen molar-refractivity contribution in [3.63, 3.8) is 0 Å². The molecule has 22 heavy (non-hydrogen) atoms. The molecule has 0 atom stereocenters. The second-order valence-corrected chi connectivity index (χ2v) is 4.51. The lowest BCUT2D eigenvalue weighted by Crippen LogP contribution is -2.07. The summed E-state index contributed by atoms with van der Waals surface area (Å²) in [5.74, 6) is 0.507. The van der Waals surface area contributed by atoms with Crippen molar-refractivity contribution in [1.82, 2.24) is 19.4 Å². The van der Waals surface area contributed by atoms with Gasteiger partial charge in [0.1, 0.15) is 29.6 Å². The molecular weight excluding hydrogens is 289 g/mol. The predicted octanol–water partition coefficient (Wildman–Crippen LogP) is 1.54. The summed E-state index contributed by atoms with van der Waals surface area (Å²) < 4.78 is 25.3. The minimum atomic E-state index is -0.382. The maximum absolute atomic E-state index is 13.4. The molecule has 0 bridgehead atoms. The van der Waals surface area contributed by atoms with Crippen molar-refractivity contribution >= 4 is 11.5 Å². The summed E-state index contributed by atoms with van der Waals surface area (Å²) in [6.07, 6.45) is 2.87. The number of methoxy groups -OCH3 is 1. The second kappa shape index (κ2) is 5.94. The molecule has 0 radical (unpaired) electrons. The maximum Gasteiger partial charge on any atom is 0.219 e. The van der Waals surface area contributed by atoms with Crippen molar-refractivity contribution in [2.75, 3.05) is 26.1 Å². The van der Waals surface area contributed by atoms with E-state index in [0.29, 0.717) is 36.3 Å². The summed E-state index contributed by atoms with van der Waals surface area (Å²) in [6, 6.07) is 4.43. The molecule has 0 spiro atoms. The minimum Gasteiger partial charge on any atom is -0.475 e. The van der Waals surface area contributed by atoms with Gasteiger partial charge in [-0.15, -0.1) is 0 Å². The van der Waals surface area contributed by atoms with Crippen LogP contribution in [0.3, 0.4) is 0 Å². The zero-order valence-electron chi connectivity index (χ0n) is 11.9. The van der Waals surface area contributed by atoms with Crippen LogP contribution in [0.1, 0.15) is 0 Å². The van der Waals surface area contributed by atoms with Gasteiger partial charge in [-0.25, -0.2) is 14.4 Å². The molecule has 3 aromatic heterocycles. The number of fused-ring (bicyclic) bond motifs is 1. The molecule has 0 saturated carbocycles. The molecular formula is C14H14FN5O2. The van der Waals surface area contributed by atoms with Crippen LogP contribution < -0.4 is 10.5 Å². The van der Waals surface area contributed by atoms with Crippen LogP contribution in [0.15, 0.2) is 30.6 Å². The van der Waals surface area contributed by atoms with E-state index in [4.69, 9.17) is 15.2 Å². The molecule has 7 nitrogen and oxygen atoms in total. The first-order chi connectivity index (χ1) is 10.7.